The van der Waals surface area contributed by atoms with E-state index in [0.717, 1.165) is 80.4 Å². The minimum Gasteiger partial charge on any atom is -0.395 e. The Bertz CT molecular complexity index is 1350. The second-order valence-electron chi connectivity index (χ2n) is 14.9. The van der Waals surface area contributed by atoms with Gasteiger partial charge in [-0.2, -0.15) is 0 Å². The summed E-state index contributed by atoms with van der Waals surface area (Å²) in [4.78, 5) is 36.0. The van der Waals surface area contributed by atoms with Gasteiger partial charge in [-0.1, -0.05) is 31.4 Å². The lowest BCUT2D eigenvalue weighted by Crippen LogP contribution is -2.93. The quantitative estimate of drug-likeness (QED) is 0.374. The first-order chi connectivity index (χ1) is 21.0. The highest BCUT2D eigenvalue weighted by Gasteiger charge is 2.88. The smallest absolute Gasteiger partial charge is 0.320 e. The number of nitrogens with zero attached hydrogens (tertiary/aromatic N) is 2. The molecule has 7 fully saturated rings. The Hall–Kier alpha value is -2.56. The fourth-order valence-electron chi connectivity index (χ4n) is 11.7. The monoisotopic (exact) mass is 589 g/mol. The topological polar surface area (TPSA) is 135 Å². The van der Waals surface area contributed by atoms with Crippen LogP contribution in [0.3, 0.4) is 0 Å². The van der Waals surface area contributed by atoms with Crippen LogP contribution in [0.2, 0.25) is 0 Å². The van der Waals surface area contributed by atoms with Crippen LogP contribution >= 0.6 is 0 Å². The van der Waals surface area contributed by atoms with Crippen molar-refractivity contribution in [3.8, 4) is 0 Å². The molecule has 4 N–H and O–H groups in total. The molecule has 2 aliphatic heterocycles. The van der Waals surface area contributed by atoms with Gasteiger partial charge in [-0.25, -0.2) is 14.8 Å². The maximum atomic E-state index is 13.4. The van der Waals surface area contributed by atoms with E-state index < -0.39 is 6.10 Å². The molecular weight excluding hydrogens is 546 g/mol. The average Bonchev–Trinajstić information content (AvgIpc) is 3.38. The molecule has 1 aromatic rings. The molecule has 3 heterocycles. The Morgan fingerprint density at radius 2 is 1.81 bits per heavy atom. The number of ether oxygens (including phenoxy) is 2. The van der Waals surface area contributed by atoms with E-state index in [1.54, 1.807) is 6.33 Å². The average molecular weight is 590 g/mol. The third kappa shape index (κ3) is 3.57. The predicted molar refractivity (Wildman–Crippen MR) is 156 cm³/mol. The van der Waals surface area contributed by atoms with E-state index in [0.29, 0.717) is 17.7 Å². The third-order valence-corrected chi connectivity index (χ3v) is 13.2. The zero-order valence-electron chi connectivity index (χ0n) is 24.7. The fourth-order valence-corrected chi connectivity index (χ4v) is 11.7. The van der Waals surface area contributed by atoms with Gasteiger partial charge in [-0.15, -0.1) is 0 Å². The molecule has 2 saturated heterocycles. The van der Waals surface area contributed by atoms with Gasteiger partial charge in [0.05, 0.1) is 30.1 Å². The van der Waals surface area contributed by atoms with E-state index in [1.165, 1.54) is 19.3 Å². The van der Waals surface area contributed by atoms with Gasteiger partial charge in [-0.05, 0) is 75.5 Å². The summed E-state index contributed by atoms with van der Waals surface area (Å²) < 4.78 is 13.4. The summed E-state index contributed by atoms with van der Waals surface area (Å²) in [5, 5.41) is 18.7. The van der Waals surface area contributed by atoms with Crippen molar-refractivity contribution in [1.29, 1.82) is 0 Å². The molecule has 10 nitrogen and oxygen atoms in total. The Morgan fingerprint density at radius 1 is 1.00 bits per heavy atom. The normalized spacial score (nSPS) is 43.7. The molecule has 7 unspecified atom stereocenters. The Balaban J connectivity index is 0.978. The number of allylic oxidation sites excluding steroid dienone is 2. The molecule has 7 atom stereocenters. The molecule has 0 radical (unpaired) electrons. The second kappa shape index (κ2) is 9.47. The van der Waals surface area contributed by atoms with Gasteiger partial charge in [0.2, 0.25) is 0 Å². The highest BCUT2D eigenvalue weighted by Crippen LogP contribution is 2.89. The highest BCUT2D eigenvalue weighted by molar-refractivity contribution is 5.90. The van der Waals surface area contributed by atoms with Crippen LogP contribution in [0.4, 0.5) is 10.6 Å². The first-order valence-corrected chi connectivity index (χ1v) is 16.8. The van der Waals surface area contributed by atoms with Crippen molar-refractivity contribution >= 4 is 17.8 Å². The maximum Gasteiger partial charge on any atom is 0.320 e. The van der Waals surface area contributed by atoms with E-state index in [-0.39, 0.29) is 60.3 Å². The van der Waals surface area contributed by atoms with Crippen LogP contribution in [-0.4, -0.2) is 69.6 Å². The molecule has 10 heteroatoms. The number of nitrogens with one attached hydrogen (secondary N) is 3. The van der Waals surface area contributed by atoms with Crippen molar-refractivity contribution < 1.29 is 24.2 Å². The molecule has 43 heavy (non-hydrogen) atoms. The van der Waals surface area contributed by atoms with E-state index in [9.17, 15) is 14.7 Å². The molecule has 0 aromatic carbocycles. The number of aromatic nitrogens is 2. The van der Waals surface area contributed by atoms with Crippen LogP contribution in [0.15, 0.2) is 18.5 Å². The summed E-state index contributed by atoms with van der Waals surface area (Å²) >= 11 is 0. The van der Waals surface area contributed by atoms with Gasteiger partial charge >= 0.3 is 6.03 Å². The summed E-state index contributed by atoms with van der Waals surface area (Å²) in [6.07, 6.45) is 17.4. The number of hydrogen-bond donors (Lipinski definition) is 4. The van der Waals surface area contributed by atoms with Crippen LogP contribution in [-0.2, 0) is 20.7 Å². The minimum atomic E-state index is -0.721. The number of rotatable bonds is 6. The lowest BCUT2D eigenvalue weighted by atomic mass is 9.15. The predicted octanol–water partition coefficient (Wildman–Crippen LogP) is 3.36. The molecule has 3 amide bonds. The van der Waals surface area contributed by atoms with E-state index in [1.807, 2.05) is 0 Å². The molecule has 2 spiro atoms. The zero-order chi connectivity index (χ0) is 29.0. The number of carbonyl (C=O) groups excluding carboxylic acids is 2. The number of amides is 3. The summed E-state index contributed by atoms with van der Waals surface area (Å²) in [5.74, 6) is 2.79. The van der Waals surface area contributed by atoms with Crippen LogP contribution < -0.4 is 16.0 Å². The van der Waals surface area contributed by atoms with Gasteiger partial charge in [0.15, 0.2) is 6.10 Å². The van der Waals surface area contributed by atoms with Crippen LogP contribution in [0, 0.1) is 29.1 Å². The van der Waals surface area contributed by atoms with Gasteiger partial charge in [0.1, 0.15) is 12.1 Å². The third-order valence-electron chi connectivity index (χ3n) is 13.2. The molecule has 9 rings (SSSR count). The standard InChI is InChI=1S/C33H43N5O5/c39-11-10-34-29(40)27-26-23(16-31(43-26)8-4-1-5-9-31)25(42-27)21-6-2-3-7-22-24(21)35-17-36-28(22)37-30(41)38-32-14-19-12-18-13-20(15-32)33(18,19)32/h2-3,17-21,23,25-27,39H,1,4-16H2,(H,34,40)(H2,35,36,37,38,41). The van der Waals surface area contributed by atoms with Crippen molar-refractivity contribution in [2.45, 2.75) is 112 Å². The van der Waals surface area contributed by atoms with Gasteiger partial charge in [0.25, 0.3) is 5.91 Å². The summed E-state index contributed by atoms with van der Waals surface area (Å²) in [5.41, 5.74) is 2.04. The number of fused-ring (bicyclic) bond motifs is 2. The van der Waals surface area contributed by atoms with Crippen LogP contribution in [0.1, 0.15) is 87.8 Å². The number of aliphatic hydroxyl groups excluding tert-OH is 1. The summed E-state index contributed by atoms with van der Waals surface area (Å²) in [6.45, 7) is 0.0707. The van der Waals surface area contributed by atoms with Gasteiger partial charge < -0.3 is 25.2 Å². The lowest BCUT2D eigenvalue weighted by molar-refractivity contribution is -0.393. The van der Waals surface area contributed by atoms with E-state index in [2.05, 4.69) is 33.1 Å². The summed E-state index contributed by atoms with van der Waals surface area (Å²) in [7, 11) is 0. The number of aliphatic hydroxyl groups is 1. The number of hydrogen-bond acceptors (Lipinski definition) is 7. The van der Waals surface area contributed by atoms with Crippen molar-refractivity contribution in [1.82, 2.24) is 20.6 Å². The first kappa shape index (κ1) is 26.8. The fraction of sp³-hybridized carbons (Fsp3) is 0.758. The Kier molecular flexibility index (Phi) is 5.91. The highest BCUT2D eigenvalue weighted by atomic mass is 16.6. The molecule has 5 saturated carbocycles. The number of carbonyl (C=O) groups is 2. The molecule has 1 aromatic heterocycles. The molecule has 6 aliphatic carbocycles. The van der Waals surface area contributed by atoms with Crippen molar-refractivity contribution in [2.24, 2.45) is 29.1 Å². The second-order valence-corrected chi connectivity index (χ2v) is 14.9. The van der Waals surface area contributed by atoms with Crippen molar-refractivity contribution in [3.63, 3.8) is 0 Å². The molecule has 230 valence electrons. The Morgan fingerprint density at radius 3 is 2.56 bits per heavy atom. The van der Waals surface area contributed by atoms with Crippen molar-refractivity contribution in [3.05, 3.63) is 29.7 Å². The minimum absolute atomic E-state index is 0.00410. The van der Waals surface area contributed by atoms with E-state index >= 15 is 0 Å². The van der Waals surface area contributed by atoms with Crippen LogP contribution in [0.5, 0.6) is 0 Å². The first-order valence-electron chi connectivity index (χ1n) is 16.8. The Labute approximate surface area is 252 Å². The van der Waals surface area contributed by atoms with Crippen molar-refractivity contribution in [2.75, 3.05) is 18.5 Å². The van der Waals surface area contributed by atoms with Gasteiger partial charge in [0, 0.05) is 34.9 Å². The van der Waals surface area contributed by atoms with Gasteiger partial charge in [-0.3, -0.25) is 10.1 Å². The SMILES string of the molecule is O=C(Nc1ncnc2c1CC=CCC2C1OC(C(=O)NCCO)C2OC3(CCCCC3)CC21)NC12CC3CC4CC(C1)C432. The number of urea groups is 1. The maximum absolute atomic E-state index is 13.4. The molecular formula is C33H43N5O5. The van der Waals surface area contributed by atoms with Crippen LogP contribution in [0.25, 0.3) is 0 Å². The lowest BCUT2D eigenvalue weighted by Gasteiger charge is -2.90. The number of anilines is 1. The summed E-state index contributed by atoms with van der Waals surface area (Å²) in [6, 6.07) is -0.157. The van der Waals surface area contributed by atoms with E-state index in [4.69, 9.17) is 14.5 Å². The molecule has 0 bridgehead atoms. The largest absolute Gasteiger partial charge is 0.395 e. The molecule has 8 aliphatic rings. The zero-order valence-corrected chi connectivity index (χ0v) is 24.7.